The molecule has 2 bridgehead atoms. The average molecular weight is 317 g/mol. The highest BCUT2D eigenvalue weighted by Crippen LogP contribution is 2.57. The lowest BCUT2D eigenvalue weighted by Gasteiger charge is -2.36. The molecule has 2 fully saturated rings. The predicted octanol–water partition coefficient (Wildman–Crippen LogP) is 3.19. The van der Waals surface area contributed by atoms with Gasteiger partial charge in [-0.2, -0.15) is 0 Å². The molecule has 23 heavy (non-hydrogen) atoms. The summed E-state index contributed by atoms with van der Waals surface area (Å²) < 4.78 is 5.22. The van der Waals surface area contributed by atoms with E-state index in [0.717, 1.165) is 24.8 Å². The molecule has 0 aliphatic heterocycles. The van der Waals surface area contributed by atoms with Crippen LogP contribution in [-0.2, 0) is 16.1 Å². The predicted molar refractivity (Wildman–Crippen MR) is 84.8 cm³/mol. The number of amides is 1. The number of rotatable bonds is 6. The molecule has 0 heterocycles. The molecule has 0 aromatic heterocycles. The zero-order valence-corrected chi connectivity index (χ0v) is 13.2. The van der Waals surface area contributed by atoms with Crippen molar-refractivity contribution >= 4 is 12.1 Å². The molecule has 0 saturated heterocycles. The lowest BCUT2D eigenvalue weighted by atomic mass is 9.70. The number of hydrogen-bond acceptors (Lipinski definition) is 3. The second-order valence-electron chi connectivity index (χ2n) is 6.93. The molecule has 0 radical (unpaired) electrons. The number of carboxylic acids is 1. The van der Waals surface area contributed by atoms with Gasteiger partial charge in [0.05, 0.1) is 6.42 Å². The molecule has 0 spiro atoms. The van der Waals surface area contributed by atoms with Gasteiger partial charge in [-0.1, -0.05) is 36.8 Å². The van der Waals surface area contributed by atoms with E-state index in [1.807, 2.05) is 30.3 Å². The minimum absolute atomic E-state index is 0.132. The Morgan fingerprint density at radius 3 is 2.65 bits per heavy atom. The Hall–Kier alpha value is -2.04. The minimum atomic E-state index is -0.781. The van der Waals surface area contributed by atoms with E-state index in [4.69, 9.17) is 4.74 Å². The third kappa shape index (κ3) is 3.66. The highest BCUT2D eigenvalue weighted by Gasteiger charge is 2.51. The van der Waals surface area contributed by atoms with Crippen LogP contribution in [0.1, 0.15) is 37.7 Å². The Balaban J connectivity index is 1.53. The van der Waals surface area contributed by atoms with Crippen LogP contribution in [0.3, 0.4) is 0 Å². The summed E-state index contributed by atoms with van der Waals surface area (Å²) in [7, 11) is 0. The summed E-state index contributed by atoms with van der Waals surface area (Å²) in [6, 6.07) is 9.50. The van der Waals surface area contributed by atoms with Crippen LogP contribution in [0.4, 0.5) is 4.79 Å². The molecule has 2 saturated carbocycles. The molecule has 3 atom stereocenters. The van der Waals surface area contributed by atoms with E-state index in [0.29, 0.717) is 18.4 Å². The number of ether oxygens (including phenoxy) is 1. The molecular formula is C18H23NO4. The second-order valence-corrected chi connectivity index (χ2v) is 6.93. The summed E-state index contributed by atoms with van der Waals surface area (Å²) in [5, 5.41) is 12.0. The van der Waals surface area contributed by atoms with Gasteiger partial charge >= 0.3 is 12.1 Å². The van der Waals surface area contributed by atoms with Crippen LogP contribution in [-0.4, -0.2) is 23.7 Å². The molecule has 2 N–H and O–H groups in total. The first-order valence-electron chi connectivity index (χ1n) is 8.24. The van der Waals surface area contributed by atoms with Gasteiger partial charge in [-0.3, -0.25) is 4.79 Å². The van der Waals surface area contributed by atoms with Crippen molar-refractivity contribution < 1.29 is 19.4 Å². The molecule has 2 aliphatic carbocycles. The van der Waals surface area contributed by atoms with Crippen molar-refractivity contribution in [3.05, 3.63) is 35.9 Å². The Morgan fingerprint density at radius 1 is 1.26 bits per heavy atom. The fourth-order valence-electron chi connectivity index (χ4n) is 4.38. The minimum Gasteiger partial charge on any atom is -0.481 e. The third-order valence-electron chi connectivity index (χ3n) is 5.40. The van der Waals surface area contributed by atoms with Crippen molar-refractivity contribution in [3.63, 3.8) is 0 Å². The number of nitrogens with one attached hydrogen (secondary N) is 1. The molecule has 124 valence electrons. The molecule has 2 aliphatic rings. The van der Waals surface area contributed by atoms with E-state index >= 15 is 0 Å². The Bertz CT molecular complexity index is 574. The molecule has 1 aromatic rings. The molecule has 1 aromatic carbocycles. The summed E-state index contributed by atoms with van der Waals surface area (Å²) in [4.78, 5) is 23.2. The number of carboxylic acid groups (broad SMARTS) is 1. The highest BCUT2D eigenvalue weighted by molar-refractivity contribution is 5.69. The number of carbonyl (C=O) groups excluding carboxylic acids is 1. The Kier molecular flexibility index (Phi) is 4.55. The monoisotopic (exact) mass is 317 g/mol. The first-order valence-corrected chi connectivity index (χ1v) is 8.24. The Morgan fingerprint density at radius 2 is 2.04 bits per heavy atom. The van der Waals surface area contributed by atoms with E-state index in [1.54, 1.807) is 0 Å². The first kappa shape index (κ1) is 15.8. The summed E-state index contributed by atoms with van der Waals surface area (Å²) in [5.74, 6) is 0.261. The van der Waals surface area contributed by atoms with Crippen LogP contribution in [0.25, 0.3) is 0 Å². The van der Waals surface area contributed by atoms with Crippen molar-refractivity contribution in [2.75, 3.05) is 6.54 Å². The van der Waals surface area contributed by atoms with Crippen LogP contribution in [0.5, 0.6) is 0 Å². The van der Waals surface area contributed by atoms with E-state index in [9.17, 15) is 14.7 Å². The number of fused-ring (bicyclic) bond motifs is 2. The fourth-order valence-corrected chi connectivity index (χ4v) is 4.38. The van der Waals surface area contributed by atoms with Gasteiger partial charge in [0.25, 0.3) is 0 Å². The van der Waals surface area contributed by atoms with E-state index in [-0.39, 0.29) is 18.4 Å². The average Bonchev–Trinajstić information content (AvgIpc) is 3.12. The van der Waals surface area contributed by atoms with Gasteiger partial charge < -0.3 is 15.2 Å². The lowest BCUT2D eigenvalue weighted by molar-refractivity contribution is -0.140. The van der Waals surface area contributed by atoms with Crippen molar-refractivity contribution in [1.29, 1.82) is 0 Å². The number of alkyl carbamates (subject to hydrolysis) is 1. The van der Waals surface area contributed by atoms with Gasteiger partial charge in [-0.15, -0.1) is 0 Å². The fraction of sp³-hybridized carbons (Fsp3) is 0.556. The summed E-state index contributed by atoms with van der Waals surface area (Å²) in [6.07, 6.45) is 3.95. The zero-order valence-electron chi connectivity index (χ0n) is 13.2. The Labute approximate surface area is 136 Å². The maximum absolute atomic E-state index is 11.9. The van der Waals surface area contributed by atoms with Crippen LogP contribution >= 0.6 is 0 Å². The largest absolute Gasteiger partial charge is 0.481 e. The van der Waals surface area contributed by atoms with Crippen molar-refractivity contribution in [2.24, 2.45) is 17.3 Å². The van der Waals surface area contributed by atoms with Crippen molar-refractivity contribution in [2.45, 2.75) is 38.7 Å². The van der Waals surface area contributed by atoms with Gasteiger partial charge in [0.15, 0.2) is 0 Å². The smallest absolute Gasteiger partial charge is 0.407 e. The maximum atomic E-state index is 11.9. The lowest BCUT2D eigenvalue weighted by Crippen LogP contribution is -2.42. The summed E-state index contributed by atoms with van der Waals surface area (Å²) in [6.45, 7) is 0.624. The highest BCUT2D eigenvalue weighted by atomic mass is 16.5. The maximum Gasteiger partial charge on any atom is 0.407 e. The third-order valence-corrected chi connectivity index (χ3v) is 5.40. The number of benzene rings is 1. The van der Waals surface area contributed by atoms with E-state index in [2.05, 4.69) is 5.32 Å². The normalized spacial score (nSPS) is 28.5. The van der Waals surface area contributed by atoms with Gasteiger partial charge in [0.2, 0.25) is 0 Å². The van der Waals surface area contributed by atoms with Crippen LogP contribution < -0.4 is 5.32 Å². The van der Waals surface area contributed by atoms with Gasteiger partial charge in [0.1, 0.15) is 6.61 Å². The van der Waals surface area contributed by atoms with Gasteiger partial charge in [-0.25, -0.2) is 4.79 Å². The molecule has 5 heteroatoms. The number of carbonyl (C=O) groups is 2. The molecular weight excluding hydrogens is 294 g/mol. The van der Waals surface area contributed by atoms with Crippen LogP contribution in [0, 0.1) is 17.3 Å². The first-order chi connectivity index (χ1) is 11.1. The van der Waals surface area contributed by atoms with Crippen LogP contribution in [0.15, 0.2) is 30.3 Å². The second kappa shape index (κ2) is 6.60. The molecule has 5 nitrogen and oxygen atoms in total. The summed E-state index contributed by atoms with van der Waals surface area (Å²) in [5.41, 5.74) is 0.642. The SMILES string of the molecule is O=C(O)CC1(CNC(=O)OCc2ccccc2)CC2CCC1C2. The van der Waals surface area contributed by atoms with Gasteiger partial charge in [0, 0.05) is 12.0 Å². The molecule has 3 rings (SSSR count). The standard InChI is InChI=1S/C18H23NO4/c20-16(21)10-18(9-14-6-7-15(18)8-14)12-19-17(22)23-11-13-4-2-1-3-5-13/h1-5,14-15H,6-12H2,(H,19,22)(H,20,21). The van der Waals surface area contributed by atoms with Crippen molar-refractivity contribution in [1.82, 2.24) is 5.32 Å². The molecule has 3 unspecified atom stereocenters. The van der Waals surface area contributed by atoms with Gasteiger partial charge in [-0.05, 0) is 36.7 Å². The van der Waals surface area contributed by atoms with Crippen molar-refractivity contribution in [3.8, 4) is 0 Å². The zero-order chi connectivity index (χ0) is 16.3. The topological polar surface area (TPSA) is 75.6 Å². The van der Waals surface area contributed by atoms with E-state index < -0.39 is 12.1 Å². The number of aliphatic carboxylic acids is 1. The quantitative estimate of drug-likeness (QED) is 0.845. The summed E-state index contributed by atoms with van der Waals surface area (Å²) >= 11 is 0. The number of hydrogen-bond donors (Lipinski definition) is 2. The van der Waals surface area contributed by atoms with Crippen LogP contribution in [0.2, 0.25) is 0 Å². The molecule has 1 amide bonds. The van der Waals surface area contributed by atoms with E-state index in [1.165, 1.54) is 6.42 Å².